The fourth-order valence-corrected chi connectivity index (χ4v) is 1.59. The molecular formula is C11H15N3O2. The van der Waals surface area contributed by atoms with E-state index in [0.29, 0.717) is 18.2 Å². The van der Waals surface area contributed by atoms with Crippen LogP contribution in [0.25, 0.3) is 0 Å². The topological polar surface area (TPSA) is 63.2 Å². The summed E-state index contributed by atoms with van der Waals surface area (Å²) >= 11 is 0. The molecule has 0 aliphatic carbocycles. The third kappa shape index (κ3) is 3.20. The Morgan fingerprint density at radius 2 is 2.56 bits per heavy atom. The maximum absolute atomic E-state index is 11.5. The smallest absolute Gasteiger partial charge is 0.319 e. The second-order valence-corrected chi connectivity index (χ2v) is 3.81. The lowest BCUT2D eigenvalue weighted by atomic mass is 10.1. The van der Waals surface area contributed by atoms with Gasteiger partial charge in [0.15, 0.2) is 0 Å². The lowest BCUT2D eigenvalue weighted by Gasteiger charge is -2.10. The number of anilines is 1. The predicted molar refractivity (Wildman–Crippen MR) is 60.2 cm³/mol. The highest BCUT2D eigenvalue weighted by Gasteiger charge is 2.16. The minimum Gasteiger partial charge on any atom is -0.381 e. The lowest BCUT2D eigenvalue weighted by molar-refractivity contribution is 0.185. The number of aromatic nitrogens is 1. The molecule has 0 saturated carbocycles. The van der Waals surface area contributed by atoms with Crippen molar-refractivity contribution in [2.24, 2.45) is 5.92 Å². The van der Waals surface area contributed by atoms with Gasteiger partial charge in [-0.25, -0.2) is 4.79 Å². The summed E-state index contributed by atoms with van der Waals surface area (Å²) in [6.07, 6.45) is 4.30. The Balaban J connectivity index is 1.72. The highest BCUT2D eigenvalue weighted by atomic mass is 16.5. The van der Waals surface area contributed by atoms with Crippen molar-refractivity contribution < 1.29 is 9.53 Å². The first-order chi connectivity index (χ1) is 7.84. The first-order valence-corrected chi connectivity index (χ1v) is 5.37. The zero-order chi connectivity index (χ0) is 11.2. The van der Waals surface area contributed by atoms with E-state index in [1.807, 2.05) is 0 Å². The van der Waals surface area contributed by atoms with E-state index >= 15 is 0 Å². The molecule has 5 heteroatoms. The van der Waals surface area contributed by atoms with Crippen LogP contribution in [-0.2, 0) is 4.74 Å². The number of amides is 2. The lowest BCUT2D eigenvalue weighted by Crippen LogP contribution is -2.33. The number of carbonyl (C=O) groups excluding carboxylic acids is 1. The van der Waals surface area contributed by atoms with Gasteiger partial charge in [0, 0.05) is 25.3 Å². The van der Waals surface area contributed by atoms with Crippen molar-refractivity contribution in [3.8, 4) is 0 Å². The number of nitrogens with one attached hydrogen (secondary N) is 2. The van der Waals surface area contributed by atoms with Crippen LogP contribution in [0.4, 0.5) is 10.5 Å². The largest absolute Gasteiger partial charge is 0.381 e. The molecule has 2 amide bonds. The number of hydrogen-bond donors (Lipinski definition) is 2. The average molecular weight is 221 g/mol. The molecule has 16 heavy (non-hydrogen) atoms. The third-order valence-corrected chi connectivity index (χ3v) is 2.49. The molecule has 0 radical (unpaired) electrons. The van der Waals surface area contributed by atoms with Crippen LogP contribution < -0.4 is 10.6 Å². The van der Waals surface area contributed by atoms with E-state index < -0.39 is 0 Å². The summed E-state index contributed by atoms with van der Waals surface area (Å²) in [6, 6.07) is 3.38. The molecular weight excluding hydrogens is 206 g/mol. The summed E-state index contributed by atoms with van der Waals surface area (Å²) in [6.45, 7) is 2.20. The van der Waals surface area contributed by atoms with Gasteiger partial charge < -0.3 is 15.4 Å². The van der Waals surface area contributed by atoms with Crippen LogP contribution in [0.2, 0.25) is 0 Å². The van der Waals surface area contributed by atoms with Crippen LogP contribution in [0.1, 0.15) is 6.42 Å². The van der Waals surface area contributed by atoms with Gasteiger partial charge in [0.1, 0.15) is 0 Å². The number of urea groups is 1. The normalized spacial score (nSPS) is 19.4. The number of carbonyl (C=O) groups is 1. The van der Waals surface area contributed by atoms with Gasteiger partial charge in [-0.3, -0.25) is 4.98 Å². The van der Waals surface area contributed by atoms with E-state index in [1.165, 1.54) is 0 Å². The Morgan fingerprint density at radius 1 is 1.62 bits per heavy atom. The third-order valence-electron chi connectivity index (χ3n) is 2.49. The van der Waals surface area contributed by atoms with Gasteiger partial charge in [-0.1, -0.05) is 0 Å². The van der Waals surface area contributed by atoms with Gasteiger partial charge in [0.2, 0.25) is 0 Å². The van der Waals surface area contributed by atoms with Crippen molar-refractivity contribution in [2.45, 2.75) is 6.42 Å². The molecule has 1 atom stereocenters. The Hall–Kier alpha value is -1.62. The summed E-state index contributed by atoms with van der Waals surface area (Å²) in [5, 5.41) is 5.53. The molecule has 2 heterocycles. The minimum absolute atomic E-state index is 0.195. The Labute approximate surface area is 94.2 Å². The summed E-state index contributed by atoms with van der Waals surface area (Å²) in [5.41, 5.74) is 0.697. The first kappa shape index (κ1) is 10.9. The molecule has 0 spiro atoms. The van der Waals surface area contributed by atoms with Crippen molar-refractivity contribution >= 4 is 11.7 Å². The van der Waals surface area contributed by atoms with E-state index in [-0.39, 0.29) is 6.03 Å². The predicted octanol–water partition coefficient (Wildman–Crippen LogP) is 1.24. The second kappa shape index (κ2) is 5.46. The molecule has 1 aromatic rings. The molecule has 0 bridgehead atoms. The molecule has 1 aliphatic heterocycles. The van der Waals surface area contributed by atoms with Crippen LogP contribution in [-0.4, -0.2) is 30.8 Å². The van der Waals surface area contributed by atoms with Crippen LogP contribution in [0.3, 0.4) is 0 Å². The summed E-state index contributed by atoms with van der Waals surface area (Å²) in [4.78, 5) is 15.4. The fraction of sp³-hybridized carbons (Fsp3) is 0.455. The molecule has 1 aromatic heterocycles. The monoisotopic (exact) mass is 221 g/mol. The minimum atomic E-state index is -0.195. The van der Waals surface area contributed by atoms with Crippen LogP contribution in [0.15, 0.2) is 24.5 Å². The molecule has 1 saturated heterocycles. The molecule has 2 N–H and O–H groups in total. The van der Waals surface area contributed by atoms with Gasteiger partial charge in [0.25, 0.3) is 0 Å². The first-order valence-electron chi connectivity index (χ1n) is 5.37. The summed E-state index contributed by atoms with van der Waals surface area (Å²) < 4.78 is 5.23. The number of nitrogens with zero attached hydrogens (tertiary/aromatic N) is 1. The highest BCUT2D eigenvalue weighted by Crippen LogP contribution is 2.10. The van der Waals surface area contributed by atoms with Crippen molar-refractivity contribution in [3.63, 3.8) is 0 Å². The molecule has 1 aliphatic rings. The average Bonchev–Trinajstić information content (AvgIpc) is 2.81. The second-order valence-electron chi connectivity index (χ2n) is 3.81. The molecule has 1 unspecified atom stereocenters. The van der Waals surface area contributed by atoms with E-state index in [1.54, 1.807) is 24.5 Å². The van der Waals surface area contributed by atoms with Crippen molar-refractivity contribution in [2.75, 3.05) is 25.1 Å². The Kier molecular flexibility index (Phi) is 3.71. The Bertz CT molecular complexity index is 336. The molecule has 2 rings (SSSR count). The number of rotatable bonds is 3. The molecule has 86 valence electrons. The summed E-state index contributed by atoms with van der Waals surface area (Å²) in [7, 11) is 0. The van der Waals surface area contributed by atoms with Gasteiger partial charge in [-0.05, 0) is 18.6 Å². The SMILES string of the molecule is O=C(NCC1CCOC1)Nc1cccnc1. The van der Waals surface area contributed by atoms with Gasteiger partial charge in [-0.2, -0.15) is 0 Å². The molecule has 0 aromatic carbocycles. The highest BCUT2D eigenvalue weighted by molar-refractivity contribution is 5.88. The zero-order valence-electron chi connectivity index (χ0n) is 8.98. The molecule has 5 nitrogen and oxygen atoms in total. The van der Waals surface area contributed by atoms with E-state index in [0.717, 1.165) is 19.6 Å². The van der Waals surface area contributed by atoms with Gasteiger partial charge in [-0.15, -0.1) is 0 Å². The van der Waals surface area contributed by atoms with Crippen molar-refractivity contribution in [1.29, 1.82) is 0 Å². The van der Waals surface area contributed by atoms with Crippen LogP contribution in [0, 0.1) is 5.92 Å². The van der Waals surface area contributed by atoms with Crippen molar-refractivity contribution in [3.05, 3.63) is 24.5 Å². The number of hydrogen-bond acceptors (Lipinski definition) is 3. The van der Waals surface area contributed by atoms with Crippen LogP contribution >= 0.6 is 0 Å². The van der Waals surface area contributed by atoms with E-state index in [4.69, 9.17) is 4.74 Å². The molecule has 1 fully saturated rings. The van der Waals surface area contributed by atoms with Gasteiger partial charge in [0.05, 0.1) is 18.5 Å². The maximum atomic E-state index is 11.5. The maximum Gasteiger partial charge on any atom is 0.319 e. The number of ether oxygens (including phenoxy) is 1. The quantitative estimate of drug-likeness (QED) is 0.807. The van der Waals surface area contributed by atoms with Crippen molar-refractivity contribution in [1.82, 2.24) is 10.3 Å². The Morgan fingerprint density at radius 3 is 3.25 bits per heavy atom. The van der Waals surface area contributed by atoms with E-state index in [9.17, 15) is 4.79 Å². The van der Waals surface area contributed by atoms with E-state index in [2.05, 4.69) is 15.6 Å². The van der Waals surface area contributed by atoms with Crippen LogP contribution in [0.5, 0.6) is 0 Å². The van der Waals surface area contributed by atoms with Gasteiger partial charge >= 0.3 is 6.03 Å². The zero-order valence-corrected chi connectivity index (χ0v) is 8.98. The standard InChI is InChI=1S/C11H15N3O2/c15-11(13-6-9-3-5-16-8-9)14-10-2-1-4-12-7-10/h1-2,4,7,9H,3,5-6,8H2,(H2,13,14,15). The summed E-state index contributed by atoms with van der Waals surface area (Å²) in [5.74, 6) is 0.444. The fourth-order valence-electron chi connectivity index (χ4n) is 1.59. The number of pyridine rings is 1.